The zero-order valence-electron chi connectivity index (χ0n) is 4.92. The second-order valence-electron chi connectivity index (χ2n) is 1.72. The fourth-order valence-electron chi connectivity index (χ4n) is 0.608. The van der Waals surface area contributed by atoms with Crippen LogP contribution in [0.2, 0.25) is 0 Å². The maximum absolute atomic E-state index is 5.38. The summed E-state index contributed by atoms with van der Waals surface area (Å²) in [5.41, 5.74) is 1.15. The minimum absolute atomic E-state index is 0.787. The number of nitrogens with zero attached hydrogens (tertiary/aromatic N) is 1. The van der Waals surface area contributed by atoms with Crippen LogP contribution in [0.1, 0.15) is 5.56 Å². The Hall–Kier alpha value is -0.560. The summed E-state index contributed by atoms with van der Waals surface area (Å²) >= 11 is 5.38. The predicted molar refractivity (Wildman–Crippen MR) is 38.1 cm³/mol. The van der Waals surface area contributed by atoms with Crippen molar-refractivity contribution in [3.63, 3.8) is 0 Å². The first-order valence-corrected chi connectivity index (χ1v) is 3.18. The highest BCUT2D eigenvalue weighted by molar-refractivity contribution is 6.23. The van der Waals surface area contributed by atoms with Gasteiger partial charge in [-0.25, -0.2) is 0 Å². The van der Waals surface area contributed by atoms with E-state index in [4.69, 9.17) is 11.6 Å². The van der Waals surface area contributed by atoms with Crippen LogP contribution in [0.15, 0.2) is 24.5 Å². The largest absolute Gasteiger partial charge is 0.264 e. The molecule has 0 aliphatic rings. The summed E-state index contributed by atoms with van der Waals surface area (Å²) in [5, 5.41) is 0. The third kappa shape index (κ3) is 2.02. The minimum atomic E-state index is 0.787. The van der Waals surface area contributed by atoms with E-state index in [1.54, 1.807) is 18.3 Å². The Bertz CT molecular complexity index is 162. The number of halogens is 1. The van der Waals surface area contributed by atoms with Crippen LogP contribution < -0.4 is 0 Å². The second kappa shape index (κ2) is 3.46. The fourth-order valence-corrected chi connectivity index (χ4v) is 0.786. The molecule has 1 rings (SSSR count). The Labute approximate surface area is 59.7 Å². The Balaban J connectivity index is 2.61. The smallest absolute Gasteiger partial charge is 0.0543 e. The minimum Gasteiger partial charge on any atom is -0.264 e. The lowest BCUT2D eigenvalue weighted by molar-refractivity contribution is 1.17. The van der Waals surface area contributed by atoms with E-state index in [0.29, 0.717) is 0 Å². The van der Waals surface area contributed by atoms with Gasteiger partial charge in [0.25, 0.3) is 0 Å². The van der Waals surface area contributed by atoms with E-state index in [1.807, 2.05) is 12.1 Å². The van der Waals surface area contributed by atoms with Crippen molar-refractivity contribution in [3.8, 4) is 0 Å². The van der Waals surface area contributed by atoms with E-state index in [2.05, 4.69) is 4.98 Å². The van der Waals surface area contributed by atoms with Crippen LogP contribution in [0.3, 0.4) is 0 Å². The molecule has 0 unspecified atom stereocenters. The predicted octanol–water partition coefficient (Wildman–Crippen LogP) is 2.02. The lowest BCUT2D eigenvalue weighted by Gasteiger charge is -1.91. The molecule has 0 aliphatic carbocycles. The van der Waals surface area contributed by atoms with E-state index in [1.165, 1.54) is 0 Å². The molecule has 0 spiro atoms. The summed E-state index contributed by atoms with van der Waals surface area (Å²) < 4.78 is 0. The number of hydrogen-bond acceptors (Lipinski definition) is 1. The molecule has 0 fully saturated rings. The zero-order valence-corrected chi connectivity index (χ0v) is 5.67. The van der Waals surface area contributed by atoms with Crippen LogP contribution in [-0.4, -0.2) is 4.98 Å². The van der Waals surface area contributed by atoms with Crippen molar-refractivity contribution in [1.82, 2.24) is 4.98 Å². The van der Waals surface area contributed by atoms with Gasteiger partial charge in [-0.1, -0.05) is 6.07 Å². The van der Waals surface area contributed by atoms with Gasteiger partial charge in [0.2, 0.25) is 0 Å². The Morgan fingerprint density at radius 2 is 2.56 bits per heavy atom. The average molecular weight is 141 g/mol. The molecule has 0 N–H and O–H groups in total. The molecule has 47 valence electrons. The summed E-state index contributed by atoms with van der Waals surface area (Å²) in [4.78, 5) is 3.92. The monoisotopic (exact) mass is 140 g/mol. The lowest BCUT2D eigenvalue weighted by atomic mass is 10.2. The van der Waals surface area contributed by atoms with Crippen molar-refractivity contribution in [2.75, 3.05) is 0 Å². The topological polar surface area (TPSA) is 12.9 Å². The van der Waals surface area contributed by atoms with E-state index >= 15 is 0 Å². The molecule has 0 atom stereocenters. The first-order valence-electron chi connectivity index (χ1n) is 2.74. The Morgan fingerprint density at radius 3 is 3.11 bits per heavy atom. The zero-order chi connectivity index (χ0) is 6.53. The van der Waals surface area contributed by atoms with Gasteiger partial charge in [0.05, 0.1) is 5.88 Å². The van der Waals surface area contributed by atoms with Crippen LogP contribution in [0.25, 0.3) is 0 Å². The first kappa shape index (κ1) is 6.56. The average Bonchev–Trinajstić information content (AvgIpc) is 1.91. The molecule has 0 saturated carbocycles. The van der Waals surface area contributed by atoms with Gasteiger partial charge in [-0.15, -0.1) is 11.6 Å². The van der Waals surface area contributed by atoms with Crippen molar-refractivity contribution in [3.05, 3.63) is 36.0 Å². The maximum Gasteiger partial charge on any atom is 0.0543 e. The van der Waals surface area contributed by atoms with Gasteiger partial charge in [-0.05, 0) is 18.1 Å². The van der Waals surface area contributed by atoms with Crippen LogP contribution in [0, 0.1) is 5.88 Å². The van der Waals surface area contributed by atoms with Crippen LogP contribution in [0.5, 0.6) is 0 Å². The quantitative estimate of drug-likeness (QED) is 0.613. The summed E-state index contributed by atoms with van der Waals surface area (Å²) in [6.07, 6.45) is 4.34. The van der Waals surface area contributed by atoms with Gasteiger partial charge >= 0.3 is 0 Å². The third-order valence-corrected chi connectivity index (χ3v) is 1.19. The second-order valence-corrected chi connectivity index (χ2v) is 2.03. The Morgan fingerprint density at radius 1 is 1.67 bits per heavy atom. The molecular formula is C7H7ClN. The fraction of sp³-hybridized carbons (Fsp3) is 0.143. The highest BCUT2D eigenvalue weighted by atomic mass is 35.5. The molecule has 1 heterocycles. The van der Waals surface area contributed by atoms with Gasteiger partial charge in [-0.3, -0.25) is 4.98 Å². The molecule has 1 aromatic heterocycles. The SMILES string of the molecule is Cl[CH]Cc1cccnc1. The van der Waals surface area contributed by atoms with Crippen LogP contribution in [0.4, 0.5) is 0 Å². The molecule has 1 radical (unpaired) electrons. The van der Waals surface area contributed by atoms with Crippen LogP contribution in [-0.2, 0) is 6.42 Å². The number of pyridine rings is 1. The van der Waals surface area contributed by atoms with Crippen LogP contribution >= 0.6 is 11.6 Å². The van der Waals surface area contributed by atoms with E-state index < -0.39 is 0 Å². The lowest BCUT2D eigenvalue weighted by Crippen LogP contribution is -1.81. The molecule has 0 amide bonds. The summed E-state index contributed by atoms with van der Waals surface area (Å²) in [6.45, 7) is 0. The molecule has 1 aromatic rings. The molecule has 0 bridgehead atoms. The van der Waals surface area contributed by atoms with Crippen molar-refractivity contribution in [2.45, 2.75) is 6.42 Å². The van der Waals surface area contributed by atoms with Crippen molar-refractivity contribution in [1.29, 1.82) is 0 Å². The molecule has 1 nitrogen and oxygen atoms in total. The first-order chi connectivity index (χ1) is 4.43. The van der Waals surface area contributed by atoms with Gasteiger partial charge < -0.3 is 0 Å². The molecular weight excluding hydrogens is 134 g/mol. The van der Waals surface area contributed by atoms with Crippen molar-refractivity contribution >= 4 is 11.6 Å². The van der Waals surface area contributed by atoms with Crippen molar-refractivity contribution < 1.29 is 0 Å². The highest BCUT2D eigenvalue weighted by Crippen LogP contribution is 2.00. The third-order valence-electron chi connectivity index (χ3n) is 1.04. The molecule has 2 heteroatoms. The number of aromatic nitrogens is 1. The normalized spacial score (nSPS) is 9.44. The van der Waals surface area contributed by atoms with Gasteiger partial charge in [0.1, 0.15) is 0 Å². The Kier molecular flexibility index (Phi) is 2.52. The van der Waals surface area contributed by atoms with E-state index in [0.717, 1.165) is 12.0 Å². The number of hydrogen-bond donors (Lipinski definition) is 0. The molecule has 0 aromatic carbocycles. The van der Waals surface area contributed by atoms with Gasteiger partial charge in [0.15, 0.2) is 0 Å². The molecule has 0 aliphatic heterocycles. The summed E-state index contributed by atoms with van der Waals surface area (Å²) in [5.74, 6) is 1.59. The summed E-state index contributed by atoms with van der Waals surface area (Å²) in [6, 6.07) is 3.89. The number of rotatable bonds is 2. The van der Waals surface area contributed by atoms with Crippen molar-refractivity contribution in [2.24, 2.45) is 0 Å². The molecule has 9 heavy (non-hydrogen) atoms. The van der Waals surface area contributed by atoms with Gasteiger partial charge in [0, 0.05) is 12.4 Å². The standard InChI is InChI=1S/C7H7ClN/c8-4-3-7-2-1-5-9-6-7/h1-2,4-6H,3H2. The van der Waals surface area contributed by atoms with Gasteiger partial charge in [-0.2, -0.15) is 0 Å². The maximum atomic E-state index is 5.38. The van der Waals surface area contributed by atoms with E-state index in [-0.39, 0.29) is 0 Å². The van der Waals surface area contributed by atoms with E-state index in [9.17, 15) is 0 Å². The summed E-state index contributed by atoms with van der Waals surface area (Å²) in [7, 11) is 0. The highest BCUT2D eigenvalue weighted by Gasteiger charge is 1.87. The molecule has 0 saturated heterocycles.